The van der Waals surface area contributed by atoms with Crippen molar-refractivity contribution in [3.05, 3.63) is 100 Å². The maximum absolute atomic E-state index is 12.3. The molecule has 0 atom stereocenters. The predicted octanol–water partition coefficient (Wildman–Crippen LogP) is 7.31. The van der Waals surface area contributed by atoms with Gasteiger partial charge in [-0.25, -0.2) is 0 Å². The molecule has 0 aliphatic rings. The number of aromatic nitrogens is 1. The monoisotopic (exact) mass is 488 g/mol. The fraction of sp³-hybridized carbons (Fsp3) is 0.107. The second-order valence-electron chi connectivity index (χ2n) is 8.08. The van der Waals surface area contributed by atoms with E-state index >= 15 is 0 Å². The lowest BCUT2D eigenvalue weighted by Crippen LogP contribution is -2.11. The Morgan fingerprint density at radius 3 is 2.44 bits per heavy atom. The largest absolute Gasteiger partial charge is 0.494 e. The summed E-state index contributed by atoms with van der Waals surface area (Å²) in [5.74, 6) is 0.389. The molecule has 0 saturated heterocycles. The zero-order valence-corrected chi connectivity index (χ0v) is 20.0. The summed E-state index contributed by atoms with van der Waals surface area (Å²) in [6.07, 6.45) is 0. The maximum atomic E-state index is 12.3. The number of nitrogens with two attached hydrogens (primary N) is 1. The molecule has 0 radical (unpaired) electrons. The summed E-state index contributed by atoms with van der Waals surface area (Å²) in [6, 6.07) is 25.3. The van der Waals surface area contributed by atoms with Gasteiger partial charge >= 0.3 is 0 Å². The van der Waals surface area contributed by atoms with Crippen LogP contribution in [-0.4, -0.2) is 17.1 Å². The van der Waals surface area contributed by atoms with E-state index in [2.05, 4.69) is 22.8 Å². The lowest BCUT2D eigenvalue weighted by molar-refractivity contribution is 0.100. The van der Waals surface area contributed by atoms with Crippen LogP contribution in [0.25, 0.3) is 32.9 Å². The molecule has 1 amide bonds. The summed E-state index contributed by atoms with van der Waals surface area (Å²) in [5, 5.41) is 2.98. The van der Waals surface area contributed by atoms with Gasteiger partial charge in [0.15, 0.2) is 0 Å². The second-order valence-corrected chi connectivity index (χ2v) is 8.93. The van der Waals surface area contributed by atoms with Gasteiger partial charge in [0.25, 0.3) is 0 Å². The zero-order valence-electron chi connectivity index (χ0n) is 18.5. The van der Waals surface area contributed by atoms with Crippen LogP contribution in [0.4, 0.5) is 0 Å². The van der Waals surface area contributed by atoms with Crippen LogP contribution in [0.15, 0.2) is 78.9 Å². The van der Waals surface area contributed by atoms with E-state index in [1.54, 1.807) is 12.1 Å². The van der Waals surface area contributed by atoms with Crippen LogP contribution in [0.1, 0.15) is 22.8 Å². The van der Waals surface area contributed by atoms with E-state index in [0.29, 0.717) is 28.8 Å². The number of nitrogens with zero attached hydrogens (tertiary/aromatic N) is 1. The van der Waals surface area contributed by atoms with Gasteiger partial charge in [-0.15, -0.1) is 0 Å². The lowest BCUT2D eigenvalue weighted by atomic mass is 10.0. The molecular formula is C28H22Cl2N2O2. The third-order valence-corrected chi connectivity index (χ3v) is 6.52. The maximum Gasteiger partial charge on any atom is 0.249 e. The van der Waals surface area contributed by atoms with Gasteiger partial charge in [0.05, 0.1) is 17.6 Å². The van der Waals surface area contributed by atoms with Crippen LogP contribution < -0.4 is 10.5 Å². The van der Waals surface area contributed by atoms with Gasteiger partial charge < -0.3 is 15.0 Å². The number of amides is 1. The molecule has 34 heavy (non-hydrogen) atoms. The summed E-state index contributed by atoms with van der Waals surface area (Å²) in [7, 11) is 0. The highest BCUT2D eigenvalue weighted by atomic mass is 35.5. The average Bonchev–Trinajstić information content (AvgIpc) is 3.13. The van der Waals surface area contributed by atoms with E-state index in [1.807, 2.05) is 55.5 Å². The van der Waals surface area contributed by atoms with E-state index < -0.39 is 5.91 Å². The lowest BCUT2D eigenvalue weighted by Gasteiger charge is -2.11. The zero-order chi connectivity index (χ0) is 23.8. The van der Waals surface area contributed by atoms with E-state index in [1.165, 1.54) is 0 Å². The van der Waals surface area contributed by atoms with E-state index in [4.69, 9.17) is 33.7 Å². The second kappa shape index (κ2) is 9.05. The highest BCUT2D eigenvalue weighted by molar-refractivity contribution is 6.36. The van der Waals surface area contributed by atoms with Gasteiger partial charge in [-0.3, -0.25) is 4.79 Å². The van der Waals surface area contributed by atoms with Crippen LogP contribution in [-0.2, 0) is 6.54 Å². The quantitative estimate of drug-likeness (QED) is 0.272. The number of rotatable bonds is 6. The van der Waals surface area contributed by atoms with Crippen molar-refractivity contribution in [1.29, 1.82) is 0 Å². The molecule has 4 aromatic carbocycles. The summed E-state index contributed by atoms with van der Waals surface area (Å²) in [4.78, 5) is 12.3. The standard InChI is InChI=1S/C28H22Cl2N2O2/c1-2-34-20-10-6-17(7-11-20)16-32-25-5-3-4-23(28(31)33)27(25)22-12-8-18(14-26(22)32)21-13-9-19(29)15-24(21)30/h3-15H,2,16H2,1H3,(H2,31,33). The molecule has 0 fully saturated rings. The normalized spacial score (nSPS) is 11.3. The Balaban J connectivity index is 1.73. The summed E-state index contributed by atoms with van der Waals surface area (Å²) in [5.41, 5.74) is 11.1. The van der Waals surface area contributed by atoms with Gasteiger partial charge in [0.2, 0.25) is 5.91 Å². The molecule has 0 unspecified atom stereocenters. The third-order valence-electron chi connectivity index (χ3n) is 5.97. The van der Waals surface area contributed by atoms with E-state index in [-0.39, 0.29) is 0 Å². The first-order valence-corrected chi connectivity index (χ1v) is 11.7. The molecular weight excluding hydrogens is 467 g/mol. The number of primary amides is 1. The average molecular weight is 489 g/mol. The number of benzene rings is 4. The SMILES string of the molecule is CCOc1ccc(Cn2c3cc(-c4ccc(Cl)cc4Cl)ccc3c3c(C(N)=O)cccc32)cc1. The minimum atomic E-state index is -0.449. The topological polar surface area (TPSA) is 57.2 Å². The van der Waals surface area contributed by atoms with Crippen LogP contribution in [0.2, 0.25) is 10.0 Å². The van der Waals surface area contributed by atoms with Crippen molar-refractivity contribution in [2.24, 2.45) is 5.73 Å². The number of hydrogen-bond donors (Lipinski definition) is 1. The number of carbonyl (C=O) groups excluding carboxylic acids is 1. The molecule has 0 bridgehead atoms. The first-order valence-electron chi connectivity index (χ1n) is 11.0. The van der Waals surface area contributed by atoms with Crippen LogP contribution in [0.3, 0.4) is 0 Å². The summed E-state index contributed by atoms with van der Waals surface area (Å²) < 4.78 is 7.79. The minimum absolute atomic E-state index is 0.449. The number of hydrogen-bond acceptors (Lipinski definition) is 2. The molecule has 0 aliphatic heterocycles. The minimum Gasteiger partial charge on any atom is -0.494 e. The molecule has 5 rings (SSSR count). The molecule has 0 saturated carbocycles. The fourth-order valence-corrected chi connectivity index (χ4v) is 4.97. The van der Waals surface area contributed by atoms with Crippen molar-refractivity contribution in [2.75, 3.05) is 6.61 Å². The first kappa shape index (κ1) is 22.3. The number of carbonyl (C=O) groups is 1. The van der Waals surface area contributed by atoms with Gasteiger partial charge in [-0.2, -0.15) is 0 Å². The Labute approximate surface area is 207 Å². The summed E-state index contributed by atoms with van der Waals surface area (Å²) >= 11 is 12.6. The predicted molar refractivity (Wildman–Crippen MR) is 140 cm³/mol. The van der Waals surface area contributed by atoms with Crippen molar-refractivity contribution < 1.29 is 9.53 Å². The Hall–Kier alpha value is -3.47. The number of halogens is 2. The van der Waals surface area contributed by atoms with Crippen LogP contribution in [0, 0.1) is 0 Å². The van der Waals surface area contributed by atoms with Gasteiger partial charge in [-0.1, -0.05) is 59.6 Å². The van der Waals surface area contributed by atoms with Crippen LogP contribution in [0.5, 0.6) is 5.75 Å². The van der Waals surface area contributed by atoms with Crippen molar-refractivity contribution in [3.63, 3.8) is 0 Å². The fourth-order valence-electron chi connectivity index (χ4n) is 4.45. The van der Waals surface area contributed by atoms with E-state index in [9.17, 15) is 4.79 Å². The van der Waals surface area contributed by atoms with Crippen molar-refractivity contribution in [2.45, 2.75) is 13.5 Å². The molecule has 2 N–H and O–H groups in total. The van der Waals surface area contributed by atoms with Crippen molar-refractivity contribution in [3.8, 4) is 16.9 Å². The molecule has 4 nitrogen and oxygen atoms in total. The number of fused-ring (bicyclic) bond motifs is 3. The smallest absolute Gasteiger partial charge is 0.249 e. The van der Waals surface area contributed by atoms with Crippen LogP contribution >= 0.6 is 23.2 Å². The molecule has 5 aromatic rings. The highest BCUT2D eigenvalue weighted by Gasteiger charge is 2.18. The Morgan fingerprint density at radius 1 is 0.941 bits per heavy atom. The Morgan fingerprint density at radius 2 is 1.74 bits per heavy atom. The third kappa shape index (κ3) is 4.00. The Kier molecular flexibility index (Phi) is 5.94. The van der Waals surface area contributed by atoms with Crippen molar-refractivity contribution >= 4 is 50.9 Å². The Bertz CT molecular complexity index is 1540. The van der Waals surface area contributed by atoms with Gasteiger partial charge in [-0.05, 0) is 60.5 Å². The number of ether oxygens (including phenoxy) is 1. The highest BCUT2D eigenvalue weighted by Crippen LogP contribution is 2.37. The molecule has 0 aliphatic carbocycles. The molecule has 6 heteroatoms. The molecule has 1 aromatic heterocycles. The van der Waals surface area contributed by atoms with E-state index in [0.717, 1.165) is 44.2 Å². The van der Waals surface area contributed by atoms with Gasteiger partial charge in [0.1, 0.15) is 5.75 Å². The molecule has 1 heterocycles. The first-order chi connectivity index (χ1) is 16.5. The summed E-state index contributed by atoms with van der Waals surface area (Å²) in [6.45, 7) is 3.21. The van der Waals surface area contributed by atoms with Gasteiger partial charge in [0, 0.05) is 38.5 Å². The van der Waals surface area contributed by atoms with Crippen molar-refractivity contribution in [1.82, 2.24) is 4.57 Å². The molecule has 0 spiro atoms. The molecule has 170 valence electrons.